The van der Waals surface area contributed by atoms with E-state index in [0.717, 1.165) is 11.1 Å². The number of carbonyl (C=O) groups excluding carboxylic acids is 3. The maximum absolute atomic E-state index is 12.4. The van der Waals surface area contributed by atoms with Crippen LogP contribution in [0.3, 0.4) is 0 Å². The summed E-state index contributed by atoms with van der Waals surface area (Å²) in [6.07, 6.45) is -0.204. The fourth-order valence-corrected chi connectivity index (χ4v) is 3.29. The molecule has 0 spiro atoms. The lowest BCUT2D eigenvalue weighted by Gasteiger charge is -2.31. The molecular weight excluding hydrogens is 414 g/mol. The van der Waals surface area contributed by atoms with Crippen molar-refractivity contribution in [3.63, 3.8) is 0 Å². The van der Waals surface area contributed by atoms with Crippen LogP contribution >= 0.6 is 0 Å². The number of hydrogen-bond donors (Lipinski definition) is 0. The molecule has 3 rings (SSSR count). The van der Waals surface area contributed by atoms with Gasteiger partial charge in [-0.15, -0.1) is 0 Å². The van der Waals surface area contributed by atoms with Crippen molar-refractivity contribution in [1.29, 1.82) is 0 Å². The van der Waals surface area contributed by atoms with Crippen molar-refractivity contribution in [2.24, 2.45) is 0 Å². The van der Waals surface area contributed by atoms with Gasteiger partial charge >= 0.3 is 17.9 Å². The molecule has 0 N–H and O–H groups in total. The van der Waals surface area contributed by atoms with Crippen LogP contribution in [0.5, 0.6) is 0 Å². The fraction of sp³-hybridized carbons (Fsp3) is 0.292. The summed E-state index contributed by atoms with van der Waals surface area (Å²) in [5.74, 6) is -1.70. The Kier molecular flexibility index (Phi) is 7.27. The molecule has 32 heavy (non-hydrogen) atoms. The van der Waals surface area contributed by atoms with E-state index in [9.17, 15) is 14.4 Å². The zero-order valence-corrected chi connectivity index (χ0v) is 18.4. The van der Waals surface area contributed by atoms with Gasteiger partial charge in [0.25, 0.3) is 0 Å². The van der Waals surface area contributed by atoms with E-state index in [1.54, 1.807) is 49.1 Å². The van der Waals surface area contributed by atoms with Crippen molar-refractivity contribution in [2.45, 2.75) is 20.0 Å². The molecule has 0 aromatic heterocycles. The van der Waals surface area contributed by atoms with Crippen molar-refractivity contribution >= 4 is 23.6 Å². The van der Waals surface area contributed by atoms with Gasteiger partial charge in [-0.2, -0.15) is 0 Å². The fourth-order valence-electron chi connectivity index (χ4n) is 3.29. The molecule has 0 bridgehead atoms. The number of methoxy groups -OCH3 is 2. The number of carbonyl (C=O) groups is 3. The van der Waals surface area contributed by atoms with E-state index >= 15 is 0 Å². The molecule has 1 aliphatic heterocycles. The molecule has 8 nitrogen and oxygen atoms in total. The largest absolute Gasteiger partial charge is 0.466 e. The Labute approximate surface area is 186 Å². The van der Waals surface area contributed by atoms with Crippen LogP contribution in [0, 0.1) is 0 Å². The summed E-state index contributed by atoms with van der Waals surface area (Å²) in [7, 11) is 2.49. The second-order valence-corrected chi connectivity index (χ2v) is 7.30. The summed E-state index contributed by atoms with van der Waals surface area (Å²) in [5.41, 5.74) is 2.96. The molecule has 0 saturated heterocycles. The molecule has 1 heterocycles. The van der Waals surface area contributed by atoms with Crippen molar-refractivity contribution in [1.82, 2.24) is 0 Å². The van der Waals surface area contributed by atoms with E-state index in [4.69, 9.17) is 18.9 Å². The molecular formula is C24H25NO7. The molecule has 0 aliphatic carbocycles. The molecule has 0 amide bonds. The van der Waals surface area contributed by atoms with Gasteiger partial charge in [0.05, 0.1) is 38.1 Å². The van der Waals surface area contributed by atoms with Gasteiger partial charge in [-0.3, -0.25) is 0 Å². The monoisotopic (exact) mass is 439 g/mol. The molecule has 0 saturated carbocycles. The Morgan fingerprint density at radius 3 is 2.22 bits per heavy atom. The third-order valence-corrected chi connectivity index (χ3v) is 4.79. The van der Waals surface area contributed by atoms with Gasteiger partial charge in [0.15, 0.2) is 0 Å². The summed E-state index contributed by atoms with van der Waals surface area (Å²) < 4.78 is 20.4. The number of benzene rings is 2. The molecule has 0 fully saturated rings. The Morgan fingerprint density at radius 2 is 1.59 bits per heavy atom. The average molecular weight is 439 g/mol. The zero-order chi connectivity index (χ0) is 23.3. The van der Waals surface area contributed by atoms with Gasteiger partial charge < -0.3 is 23.8 Å². The van der Waals surface area contributed by atoms with E-state index in [1.165, 1.54) is 14.2 Å². The van der Waals surface area contributed by atoms with Crippen LogP contribution in [-0.4, -0.2) is 51.6 Å². The maximum atomic E-state index is 12.4. The minimum atomic E-state index is -0.658. The van der Waals surface area contributed by atoms with Gasteiger partial charge in [-0.05, 0) is 49.2 Å². The topological polar surface area (TPSA) is 91.4 Å². The number of ether oxygens (including phenoxy) is 4. The molecule has 0 atom stereocenters. The first kappa shape index (κ1) is 23.0. The van der Waals surface area contributed by atoms with E-state index in [-0.39, 0.29) is 36.7 Å². The Balaban J connectivity index is 1.92. The van der Waals surface area contributed by atoms with Crippen molar-refractivity contribution in [3.05, 3.63) is 65.4 Å². The summed E-state index contributed by atoms with van der Waals surface area (Å²) in [6.45, 7) is 3.62. The summed E-state index contributed by atoms with van der Waals surface area (Å²) in [5, 5.41) is 0. The van der Waals surface area contributed by atoms with Crippen molar-refractivity contribution in [2.75, 3.05) is 32.5 Å². The highest BCUT2D eigenvalue weighted by molar-refractivity contribution is 6.03. The quantitative estimate of drug-likeness (QED) is 0.500. The van der Waals surface area contributed by atoms with E-state index in [1.807, 2.05) is 18.2 Å². The summed E-state index contributed by atoms with van der Waals surface area (Å²) in [4.78, 5) is 38.3. The van der Waals surface area contributed by atoms with Gasteiger partial charge in [-0.25, -0.2) is 14.4 Å². The SMILES string of the molecule is COC(=O)C1=C(C(=O)OC)N(c2ccc(-c3cccc(C(=O)OC(C)C)c3)cc2)COC1. The van der Waals surface area contributed by atoms with Gasteiger partial charge in [-0.1, -0.05) is 24.3 Å². The molecule has 2 aromatic carbocycles. The zero-order valence-electron chi connectivity index (χ0n) is 18.4. The lowest BCUT2D eigenvalue weighted by Crippen LogP contribution is -2.38. The van der Waals surface area contributed by atoms with Crippen molar-refractivity contribution < 1.29 is 33.3 Å². The minimum Gasteiger partial charge on any atom is -0.466 e. The van der Waals surface area contributed by atoms with Gasteiger partial charge in [0, 0.05) is 5.69 Å². The van der Waals surface area contributed by atoms with Crippen LogP contribution in [0.25, 0.3) is 11.1 Å². The first-order valence-corrected chi connectivity index (χ1v) is 10.0. The lowest BCUT2D eigenvalue weighted by atomic mass is 10.0. The van der Waals surface area contributed by atoms with E-state index in [0.29, 0.717) is 11.3 Å². The Bertz CT molecular complexity index is 1040. The second kappa shape index (κ2) is 10.1. The van der Waals surface area contributed by atoms with Crippen LogP contribution in [0.1, 0.15) is 24.2 Å². The third-order valence-electron chi connectivity index (χ3n) is 4.79. The van der Waals surface area contributed by atoms with Crippen LogP contribution in [0.15, 0.2) is 59.8 Å². The molecule has 0 radical (unpaired) electrons. The van der Waals surface area contributed by atoms with Crippen LogP contribution in [0.2, 0.25) is 0 Å². The van der Waals surface area contributed by atoms with Crippen molar-refractivity contribution in [3.8, 4) is 11.1 Å². The standard InChI is InChI=1S/C24H25NO7/c1-15(2)32-22(26)18-7-5-6-17(12-18)16-8-10-19(11-9-16)25-14-31-13-20(23(27)29-3)21(25)24(28)30-4/h5-12,15H,13-14H2,1-4H3. The number of anilines is 1. The molecule has 0 unspecified atom stereocenters. The van der Waals surface area contributed by atoms with Crippen LogP contribution in [0.4, 0.5) is 5.69 Å². The molecule has 8 heteroatoms. The first-order chi connectivity index (χ1) is 15.3. The highest BCUT2D eigenvalue weighted by Crippen LogP contribution is 2.29. The predicted molar refractivity (Wildman–Crippen MR) is 117 cm³/mol. The summed E-state index contributed by atoms with van der Waals surface area (Å²) >= 11 is 0. The Hall–Kier alpha value is -3.65. The summed E-state index contributed by atoms with van der Waals surface area (Å²) in [6, 6.07) is 14.4. The third kappa shape index (κ3) is 4.97. The molecule has 2 aromatic rings. The lowest BCUT2D eigenvalue weighted by molar-refractivity contribution is -0.140. The average Bonchev–Trinajstić information content (AvgIpc) is 2.82. The first-order valence-electron chi connectivity index (χ1n) is 10.0. The normalized spacial score (nSPS) is 13.7. The Morgan fingerprint density at radius 1 is 0.906 bits per heavy atom. The van der Waals surface area contributed by atoms with Gasteiger partial charge in [0.1, 0.15) is 12.4 Å². The predicted octanol–water partition coefficient (Wildman–Crippen LogP) is 3.31. The second-order valence-electron chi connectivity index (χ2n) is 7.30. The highest BCUT2D eigenvalue weighted by Gasteiger charge is 2.32. The smallest absolute Gasteiger partial charge is 0.355 e. The number of hydrogen-bond acceptors (Lipinski definition) is 8. The number of esters is 3. The highest BCUT2D eigenvalue weighted by atomic mass is 16.5. The van der Waals surface area contributed by atoms with Crippen LogP contribution in [-0.2, 0) is 28.5 Å². The van der Waals surface area contributed by atoms with Gasteiger partial charge in [0.2, 0.25) is 0 Å². The maximum Gasteiger partial charge on any atom is 0.355 e. The number of rotatable bonds is 6. The molecule has 1 aliphatic rings. The van der Waals surface area contributed by atoms with Crippen LogP contribution < -0.4 is 4.90 Å². The van der Waals surface area contributed by atoms with E-state index < -0.39 is 11.9 Å². The minimum absolute atomic E-state index is 0.0506. The number of nitrogens with zero attached hydrogens (tertiary/aromatic N) is 1. The molecule has 168 valence electrons. The van der Waals surface area contributed by atoms with E-state index in [2.05, 4.69) is 0 Å².